The summed E-state index contributed by atoms with van der Waals surface area (Å²) in [5, 5.41) is 1.29. The zero-order chi connectivity index (χ0) is 28.4. The highest BCUT2D eigenvalue weighted by Gasteiger charge is 2.33. The van der Waals surface area contributed by atoms with Crippen molar-refractivity contribution in [3.8, 4) is 5.75 Å². The van der Waals surface area contributed by atoms with Gasteiger partial charge in [-0.2, -0.15) is 0 Å². The van der Waals surface area contributed by atoms with Gasteiger partial charge in [-0.05, 0) is 47.9 Å². The number of thiazole rings is 1. The molecule has 5 rings (SSSR count). The van der Waals surface area contributed by atoms with E-state index in [0.717, 1.165) is 11.1 Å². The van der Waals surface area contributed by atoms with Gasteiger partial charge in [-0.15, -0.1) is 0 Å². The molecule has 1 atom stereocenters. The Morgan fingerprint density at radius 3 is 2.52 bits per heavy atom. The number of esters is 1. The van der Waals surface area contributed by atoms with E-state index >= 15 is 0 Å². The maximum Gasteiger partial charge on any atom is 0.338 e. The van der Waals surface area contributed by atoms with Gasteiger partial charge in [0.05, 0.1) is 34.0 Å². The Bertz CT molecular complexity index is 1810. The van der Waals surface area contributed by atoms with E-state index in [0.29, 0.717) is 53.4 Å². The molecule has 0 spiro atoms. The molecule has 4 aromatic rings. The van der Waals surface area contributed by atoms with Gasteiger partial charge in [0.15, 0.2) is 4.80 Å². The van der Waals surface area contributed by atoms with Crippen molar-refractivity contribution in [2.24, 2.45) is 4.99 Å². The lowest BCUT2D eigenvalue weighted by molar-refractivity contribution is -0.136. The molecule has 1 aliphatic rings. The summed E-state index contributed by atoms with van der Waals surface area (Å²) in [5.74, 6) is -0.150. The Balaban J connectivity index is 1.66. The molecule has 0 amide bonds. The van der Waals surface area contributed by atoms with Crippen molar-refractivity contribution in [3.63, 3.8) is 0 Å². The van der Waals surface area contributed by atoms with Crippen LogP contribution in [0.4, 0.5) is 0 Å². The first kappa shape index (κ1) is 28.2. The SMILES string of the molecule is CCC1=C(C(=O)OC)[C@H](c2ccccc2)n2c(s/c(=C/c3cc(Cl)cc(Cl)c3OCc3cccc(Cl)c3)c2=O)=N1. The number of carbonyl (C=O) groups excluding carboxylic acids is 1. The summed E-state index contributed by atoms with van der Waals surface area (Å²) < 4.78 is 13.1. The minimum atomic E-state index is -0.691. The minimum absolute atomic E-state index is 0.209. The van der Waals surface area contributed by atoms with Crippen molar-refractivity contribution in [1.82, 2.24) is 4.57 Å². The van der Waals surface area contributed by atoms with Gasteiger partial charge in [-0.3, -0.25) is 9.36 Å². The summed E-state index contributed by atoms with van der Waals surface area (Å²) in [7, 11) is 1.32. The lowest BCUT2D eigenvalue weighted by atomic mass is 9.95. The van der Waals surface area contributed by atoms with E-state index in [4.69, 9.17) is 49.3 Å². The largest absolute Gasteiger partial charge is 0.487 e. The van der Waals surface area contributed by atoms with Gasteiger partial charge in [-0.25, -0.2) is 9.79 Å². The van der Waals surface area contributed by atoms with Crippen LogP contribution >= 0.6 is 46.1 Å². The molecule has 0 fully saturated rings. The number of aromatic nitrogens is 1. The first-order valence-corrected chi connectivity index (χ1v) is 14.3. The highest BCUT2D eigenvalue weighted by molar-refractivity contribution is 7.07. The second-order valence-electron chi connectivity index (χ2n) is 8.92. The summed E-state index contributed by atoms with van der Waals surface area (Å²) in [6, 6.07) is 19.2. The van der Waals surface area contributed by atoms with Crippen LogP contribution in [0.25, 0.3) is 6.08 Å². The smallest absolute Gasteiger partial charge is 0.338 e. The van der Waals surface area contributed by atoms with Crippen molar-refractivity contribution in [3.05, 3.63) is 129 Å². The van der Waals surface area contributed by atoms with Crippen LogP contribution in [0.2, 0.25) is 15.1 Å². The molecule has 0 aliphatic carbocycles. The van der Waals surface area contributed by atoms with E-state index in [-0.39, 0.29) is 12.2 Å². The van der Waals surface area contributed by atoms with Crippen LogP contribution in [0.1, 0.15) is 36.1 Å². The molecule has 6 nitrogen and oxygen atoms in total. The number of fused-ring (bicyclic) bond motifs is 1. The molecule has 204 valence electrons. The molecule has 1 aliphatic heterocycles. The fraction of sp³-hybridized carbons (Fsp3) is 0.167. The van der Waals surface area contributed by atoms with Gasteiger partial charge in [-0.1, -0.05) is 95.5 Å². The molecular formula is C30H23Cl3N2O4S. The fourth-order valence-corrected chi connectivity index (χ4v) is 6.37. The predicted octanol–water partition coefficient (Wildman–Crippen LogP) is 6.34. The topological polar surface area (TPSA) is 69.9 Å². The van der Waals surface area contributed by atoms with E-state index in [1.807, 2.05) is 49.4 Å². The number of rotatable bonds is 7. The van der Waals surface area contributed by atoms with Crippen molar-refractivity contribution < 1.29 is 14.3 Å². The van der Waals surface area contributed by atoms with Gasteiger partial charge < -0.3 is 9.47 Å². The van der Waals surface area contributed by atoms with Gasteiger partial charge in [0.1, 0.15) is 12.4 Å². The lowest BCUT2D eigenvalue weighted by Crippen LogP contribution is -2.40. The fourth-order valence-electron chi connectivity index (χ4n) is 4.58. The Morgan fingerprint density at radius 1 is 1.05 bits per heavy atom. The maximum atomic E-state index is 13.9. The maximum absolute atomic E-state index is 13.9. The summed E-state index contributed by atoms with van der Waals surface area (Å²) in [6.45, 7) is 2.12. The number of ether oxygens (including phenoxy) is 2. The van der Waals surface area contributed by atoms with Crippen LogP contribution < -0.4 is 19.6 Å². The van der Waals surface area contributed by atoms with Crippen molar-refractivity contribution in [1.29, 1.82) is 0 Å². The first-order valence-electron chi connectivity index (χ1n) is 12.3. The van der Waals surface area contributed by atoms with E-state index < -0.39 is 12.0 Å². The monoisotopic (exact) mass is 612 g/mol. The molecule has 0 unspecified atom stereocenters. The van der Waals surface area contributed by atoms with Crippen molar-refractivity contribution in [2.45, 2.75) is 26.0 Å². The summed E-state index contributed by atoms with van der Waals surface area (Å²) in [6.07, 6.45) is 2.18. The molecule has 0 saturated heterocycles. The molecule has 3 aromatic carbocycles. The van der Waals surface area contributed by atoms with Crippen LogP contribution in [-0.4, -0.2) is 17.6 Å². The molecular weight excluding hydrogens is 591 g/mol. The normalized spacial score (nSPS) is 15.0. The quantitative estimate of drug-likeness (QED) is 0.228. The number of hydrogen-bond donors (Lipinski definition) is 0. The second kappa shape index (κ2) is 12.0. The Labute approximate surface area is 249 Å². The molecule has 2 heterocycles. The van der Waals surface area contributed by atoms with Gasteiger partial charge in [0.25, 0.3) is 5.56 Å². The van der Waals surface area contributed by atoms with Crippen LogP contribution in [0, 0.1) is 0 Å². The molecule has 1 aromatic heterocycles. The van der Waals surface area contributed by atoms with Gasteiger partial charge >= 0.3 is 5.97 Å². The average molecular weight is 614 g/mol. The number of nitrogens with zero attached hydrogens (tertiary/aromatic N) is 2. The standard InChI is InChI=1S/C30H23Cl3N2O4S/c1-3-23-25(29(37)38-2)26(18-9-5-4-6-10-18)35-28(36)24(40-30(35)34-23)14-19-13-21(32)15-22(33)27(19)39-16-17-8-7-11-20(31)12-17/h4-15,26H,3,16H2,1-2H3/b24-14+/t26-/m0/s1. The predicted molar refractivity (Wildman–Crippen MR) is 159 cm³/mol. The minimum Gasteiger partial charge on any atom is -0.487 e. The third kappa shape index (κ3) is 5.60. The third-order valence-electron chi connectivity index (χ3n) is 6.36. The third-order valence-corrected chi connectivity index (χ3v) is 8.08. The number of methoxy groups -OCH3 is 1. The van der Waals surface area contributed by atoms with Crippen molar-refractivity contribution in [2.75, 3.05) is 7.11 Å². The number of hydrogen-bond acceptors (Lipinski definition) is 6. The zero-order valence-electron chi connectivity index (χ0n) is 21.5. The summed E-state index contributed by atoms with van der Waals surface area (Å²) in [4.78, 5) is 32.1. The summed E-state index contributed by atoms with van der Waals surface area (Å²) >= 11 is 20.2. The average Bonchev–Trinajstić information content (AvgIpc) is 3.25. The van der Waals surface area contributed by atoms with E-state index in [1.54, 1.807) is 30.3 Å². The molecule has 40 heavy (non-hydrogen) atoms. The second-order valence-corrected chi connectivity index (χ2v) is 11.2. The Morgan fingerprint density at radius 2 is 1.82 bits per heavy atom. The number of halogens is 3. The van der Waals surface area contributed by atoms with Crippen LogP contribution in [0.5, 0.6) is 5.75 Å². The summed E-state index contributed by atoms with van der Waals surface area (Å²) in [5.41, 5.74) is 2.76. The van der Waals surface area contributed by atoms with E-state index in [1.165, 1.54) is 23.0 Å². The number of carbonyl (C=O) groups is 1. The lowest BCUT2D eigenvalue weighted by Gasteiger charge is -2.25. The van der Waals surface area contributed by atoms with Crippen LogP contribution in [0.3, 0.4) is 0 Å². The first-order chi connectivity index (χ1) is 19.3. The van der Waals surface area contributed by atoms with Gasteiger partial charge in [0, 0.05) is 15.6 Å². The van der Waals surface area contributed by atoms with E-state index in [2.05, 4.69) is 0 Å². The number of benzene rings is 3. The molecule has 0 radical (unpaired) electrons. The molecule has 0 saturated carbocycles. The highest BCUT2D eigenvalue weighted by Crippen LogP contribution is 2.34. The van der Waals surface area contributed by atoms with Crippen LogP contribution in [-0.2, 0) is 16.1 Å². The van der Waals surface area contributed by atoms with Crippen LogP contribution in [0.15, 0.2) is 87.8 Å². The molecule has 0 N–H and O–H groups in total. The van der Waals surface area contributed by atoms with E-state index in [9.17, 15) is 9.59 Å². The Hall–Kier alpha value is -3.36. The highest BCUT2D eigenvalue weighted by atomic mass is 35.5. The number of allylic oxidation sites excluding steroid dienone is 1. The Kier molecular flexibility index (Phi) is 8.47. The molecule has 10 heteroatoms. The van der Waals surface area contributed by atoms with Crippen molar-refractivity contribution >= 4 is 58.2 Å². The molecule has 0 bridgehead atoms. The van der Waals surface area contributed by atoms with Gasteiger partial charge in [0.2, 0.25) is 0 Å². The zero-order valence-corrected chi connectivity index (χ0v) is 24.6.